The van der Waals surface area contributed by atoms with E-state index < -0.39 is 5.82 Å². The fourth-order valence-corrected chi connectivity index (χ4v) is 2.69. The van der Waals surface area contributed by atoms with E-state index in [1.165, 1.54) is 6.20 Å². The summed E-state index contributed by atoms with van der Waals surface area (Å²) >= 11 is 3.45. The zero-order valence-electron chi connectivity index (χ0n) is 12.3. The second-order valence-corrected chi connectivity index (χ2v) is 5.77. The minimum Gasteiger partial charge on any atom is -0.354 e. The molecule has 112 valence electrons. The van der Waals surface area contributed by atoms with Crippen molar-refractivity contribution in [3.8, 4) is 0 Å². The van der Waals surface area contributed by atoms with Gasteiger partial charge in [-0.05, 0) is 43.5 Å². The predicted octanol–water partition coefficient (Wildman–Crippen LogP) is 4.56. The molecule has 1 heterocycles. The highest BCUT2D eigenvalue weighted by molar-refractivity contribution is 9.10. The van der Waals surface area contributed by atoms with Gasteiger partial charge in [-0.15, -0.1) is 0 Å². The van der Waals surface area contributed by atoms with Crippen LogP contribution in [0.25, 0.3) is 0 Å². The van der Waals surface area contributed by atoms with Crippen LogP contribution in [-0.2, 0) is 0 Å². The van der Waals surface area contributed by atoms with Crippen molar-refractivity contribution in [2.45, 2.75) is 27.2 Å². The summed E-state index contributed by atoms with van der Waals surface area (Å²) in [5.41, 5.74) is 2.89. The van der Waals surface area contributed by atoms with Crippen LogP contribution in [-0.4, -0.2) is 16.5 Å². The van der Waals surface area contributed by atoms with E-state index >= 15 is 0 Å². The fraction of sp³-hybridized carbons (Fsp3) is 0.333. The first-order valence-corrected chi connectivity index (χ1v) is 7.60. The van der Waals surface area contributed by atoms with E-state index in [1.54, 1.807) is 0 Å². The molecule has 0 fully saturated rings. The molecule has 0 aliphatic heterocycles. The van der Waals surface area contributed by atoms with Gasteiger partial charge in [0.2, 0.25) is 5.95 Å². The molecule has 0 saturated carbocycles. The highest BCUT2D eigenvalue weighted by Gasteiger charge is 2.11. The monoisotopic (exact) mass is 352 g/mol. The molecule has 0 spiro atoms. The van der Waals surface area contributed by atoms with E-state index in [-0.39, 0.29) is 5.82 Å². The number of anilines is 3. The van der Waals surface area contributed by atoms with Gasteiger partial charge in [0.1, 0.15) is 0 Å². The van der Waals surface area contributed by atoms with Gasteiger partial charge in [-0.1, -0.05) is 22.9 Å². The summed E-state index contributed by atoms with van der Waals surface area (Å²) in [7, 11) is 0. The third-order valence-electron chi connectivity index (χ3n) is 3.02. The summed E-state index contributed by atoms with van der Waals surface area (Å²) in [5.74, 6) is 0.129. The number of rotatable bonds is 5. The molecular weight excluding hydrogens is 335 g/mol. The molecule has 0 unspecified atom stereocenters. The second kappa shape index (κ2) is 6.85. The summed E-state index contributed by atoms with van der Waals surface area (Å²) in [6.45, 7) is 6.73. The first kappa shape index (κ1) is 15.7. The molecule has 6 heteroatoms. The number of hydrogen-bond acceptors (Lipinski definition) is 4. The normalized spacial score (nSPS) is 10.5. The number of aryl methyl sites for hydroxylation is 2. The largest absolute Gasteiger partial charge is 0.354 e. The number of hydrogen-bond donors (Lipinski definition) is 2. The van der Waals surface area contributed by atoms with E-state index in [0.29, 0.717) is 5.95 Å². The lowest BCUT2D eigenvalue weighted by molar-refractivity contribution is 0.619. The zero-order valence-corrected chi connectivity index (χ0v) is 13.9. The standard InChI is InChI=1S/C15H18BrFN4/c1-4-5-18-15-19-8-12(17)14(21-15)20-13-9(2)6-11(16)7-10(13)3/h6-8H,4-5H2,1-3H3,(H2,18,19,20,21). The molecule has 0 saturated heterocycles. The molecule has 21 heavy (non-hydrogen) atoms. The maximum Gasteiger partial charge on any atom is 0.224 e. The SMILES string of the molecule is CCCNc1ncc(F)c(Nc2c(C)cc(Br)cc2C)n1. The average Bonchev–Trinajstić information content (AvgIpc) is 2.43. The molecule has 2 N–H and O–H groups in total. The zero-order chi connectivity index (χ0) is 15.4. The Hall–Kier alpha value is -1.69. The third kappa shape index (κ3) is 3.91. The topological polar surface area (TPSA) is 49.8 Å². The van der Waals surface area contributed by atoms with Crippen LogP contribution in [0, 0.1) is 19.7 Å². The van der Waals surface area contributed by atoms with Gasteiger partial charge in [0, 0.05) is 16.7 Å². The van der Waals surface area contributed by atoms with Crippen molar-refractivity contribution < 1.29 is 4.39 Å². The van der Waals surface area contributed by atoms with Crippen molar-refractivity contribution in [1.82, 2.24) is 9.97 Å². The molecule has 0 radical (unpaired) electrons. The van der Waals surface area contributed by atoms with E-state index in [2.05, 4.69) is 36.5 Å². The summed E-state index contributed by atoms with van der Waals surface area (Å²) in [5, 5.41) is 6.12. The molecule has 1 aromatic carbocycles. The van der Waals surface area contributed by atoms with Crippen LogP contribution < -0.4 is 10.6 Å². The van der Waals surface area contributed by atoms with Crippen molar-refractivity contribution in [2.24, 2.45) is 0 Å². The van der Waals surface area contributed by atoms with Crippen LogP contribution in [0.1, 0.15) is 24.5 Å². The number of nitrogens with one attached hydrogen (secondary N) is 2. The van der Waals surface area contributed by atoms with Gasteiger partial charge < -0.3 is 10.6 Å². The van der Waals surface area contributed by atoms with E-state index in [0.717, 1.165) is 34.3 Å². The Kier molecular flexibility index (Phi) is 5.12. The van der Waals surface area contributed by atoms with Gasteiger partial charge in [-0.2, -0.15) is 4.98 Å². The Morgan fingerprint density at radius 2 is 1.90 bits per heavy atom. The molecule has 2 rings (SSSR count). The van der Waals surface area contributed by atoms with Crippen LogP contribution in [0.3, 0.4) is 0 Å². The minimum atomic E-state index is -0.473. The van der Waals surface area contributed by atoms with Gasteiger partial charge >= 0.3 is 0 Å². The Morgan fingerprint density at radius 3 is 2.52 bits per heavy atom. The number of aromatic nitrogens is 2. The first-order valence-electron chi connectivity index (χ1n) is 6.81. The maximum absolute atomic E-state index is 13.9. The van der Waals surface area contributed by atoms with E-state index in [9.17, 15) is 4.39 Å². The minimum absolute atomic E-state index is 0.178. The van der Waals surface area contributed by atoms with Crippen molar-refractivity contribution in [3.05, 3.63) is 39.7 Å². The van der Waals surface area contributed by atoms with Crippen molar-refractivity contribution >= 4 is 33.4 Å². The second-order valence-electron chi connectivity index (χ2n) is 4.86. The van der Waals surface area contributed by atoms with Crippen molar-refractivity contribution in [3.63, 3.8) is 0 Å². The smallest absolute Gasteiger partial charge is 0.224 e. The van der Waals surface area contributed by atoms with Gasteiger partial charge in [0.25, 0.3) is 0 Å². The van der Waals surface area contributed by atoms with Gasteiger partial charge in [0.05, 0.1) is 6.20 Å². The number of benzene rings is 1. The Balaban J connectivity index is 2.31. The molecule has 0 aliphatic carbocycles. The van der Waals surface area contributed by atoms with Crippen molar-refractivity contribution in [2.75, 3.05) is 17.2 Å². The van der Waals surface area contributed by atoms with E-state index in [1.807, 2.05) is 32.9 Å². The highest BCUT2D eigenvalue weighted by Crippen LogP contribution is 2.28. The molecule has 4 nitrogen and oxygen atoms in total. The lowest BCUT2D eigenvalue weighted by Crippen LogP contribution is -2.08. The molecule has 0 amide bonds. The summed E-state index contributed by atoms with van der Waals surface area (Å²) in [6.07, 6.45) is 2.13. The Bertz CT molecular complexity index is 623. The molecule has 0 atom stereocenters. The molecule has 0 bridgehead atoms. The summed E-state index contributed by atoms with van der Waals surface area (Å²) in [6, 6.07) is 3.95. The fourth-order valence-electron chi connectivity index (χ4n) is 2.00. The predicted molar refractivity (Wildman–Crippen MR) is 87.7 cm³/mol. The summed E-state index contributed by atoms with van der Waals surface area (Å²) < 4.78 is 14.9. The molecule has 2 aromatic rings. The number of halogens is 2. The molecular formula is C15H18BrFN4. The Morgan fingerprint density at radius 1 is 1.24 bits per heavy atom. The van der Waals surface area contributed by atoms with Crippen molar-refractivity contribution in [1.29, 1.82) is 0 Å². The van der Waals surface area contributed by atoms with Crippen LogP contribution in [0.15, 0.2) is 22.8 Å². The summed E-state index contributed by atoms with van der Waals surface area (Å²) in [4.78, 5) is 8.12. The maximum atomic E-state index is 13.9. The Labute approximate surface area is 132 Å². The number of nitrogens with zero attached hydrogens (tertiary/aromatic N) is 2. The first-order chi connectivity index (χ1) is 10.0. The quantitative estimate of drug-likeness (QED) is 0.827. The van der Waals surface area contributed by atoms with Gasteiger partial charge in [-0.3, -0.25) is 0 Å². The van der Waals surface area contributed by atoms with Crippen LogP contribution >= 0.6 is 15.9 Å². The lowest BCUT2D eigenvalue weighted by atomic mass is 10.1. The lowest BCUT2D eigenvalue weighted by Gasteiger charge is -2.14. The van der Waals surface area contributed by atoms with Crippen LogP contribution in [0.2, 0.25) is 0 Å². The average molecular weight is 353 g/mol. The third-order valence-corrected chi connectivity index (χ3v) is 3.48. The van der Waals surface area contributed by atoms with Crippen LogP contribution in [0.4, 0.5) is 21.8 Å². The van der Waals surface area contributed by atoms with Gasteiger partial charge in [0.15, 0.2) is 11.6 Å². The van der Waals surface area contributed by atoms with Crippen LogP contribution in [0.5, 0.6) is 0 Å². The van der Waals surface area contributed by atoms with Gasteiger partial charge in [-0.25, -0.2) is 9.37 Å². The molecule has 1 aromatic heterocycles. The highest BCUT2D eigenvalue weighted by atomic mass is 79.9. The molecule has 0 aliphatic rings. The van der Waals surface area contributed by atoms with E-state index in [4.69, 9.17) is 0 Å².